The van der Waals surface area contributed by atoms with Gasteiger partial charge in [-0.15, -0.1) is 0 Å². The van der Waals surface area contributed by atoms with E-state index in [2.05, 4.69) is 16.4 Å². The first-order chi connectivity index (χ1) is 9.95. The molecule has 0 aromatic carbocycles. The van der Waals surface area contributed by atoms with Crippen LogP contribution in [-0.4, -0.2) is 47.9 Å². The molecule has 7 heteroatoms. The van der Waals surface area contributed by atoms with Gasteiger partial charge in [0, 0.05) is 0 Å². The highest BCUT2D eigenvalue weighted by atomic mass is 16.7. The Hall–Kier alpha value is -1.63. The molecule has 7 nitrogen and oxygen atoms in total. The number of rotatable bonds is 8. The number of hydrogen-bond donors (Lipinski definition) is 1. The summed E-state index contributed by atoms with van der Waals surface area (Å²) in [5, 5.41) is 9.65. The minimum Gasteiger partial charge on any atom is -0.460 e. The lowest BCUT2D eigenvalue weighted by Gasteiger charge is -2.24. The molecule has 1 N–H and O–H groups in total. The highest BCUT2D eigenvalue weighted by Crippen LogP contribution is 2.12. The zero-order valence-electron chi connectivity index (χ0n) is 12.4. The van der Waals surface area contributed by atoms with Crippen molar-refractivity contribution < 1.29 is 33.7 Å². The van der Waals surface area contributed by atoms with Gasteiger partial charge >= 0.3 is 17.9 Å². The minimum atomic E-state index is -1.69. The summed E-state index contributed by atoms with van der Waals surface area (Å²) in [6.45, 7) is 3.20. The number of ether oxygens (including phenoxy) is 3. The summed E-state index contributed by atoms with van der Waals surface area (Å²) in [4.78, 5) is 34.3. The second kappa shape index (κ2) is 8.61. The van der Waals surface area contributed by atoms with Crippen LogP contribution in [0.3, 0.4) is 0 Å². The van der Waals surface area contributed by atoms with Crippen LogP contribution in [0.25, 0.3) is 0 Å². The van der Waals surface area contributed by atoms with Crippen LogP contribution in [0.2, 0.25) is 0 Å². The predicted octanol–water partition coefficient (Wildman–Crippen LogP) is 0.718. The SMILES string of the molecule is CCCCCCC(O)COC(=O)C1OC(=O)C(C)OC1=O. The van der Waals surface area contributed by atoms with Gasteiger partial charge in [0.15, 0.2) is 6.10 Å². The van der Waals surface area contributed by atoms with Gasteiger partial charge in [-0.2, -0.15) is 0 Å². The smallest absolute Gasteiger partial charge is 0.360 e. The van der Waals surface area contributed by atoms with E-state index >= 15 is 0 Å². The van der Waals surface area contributed by atoms with E-state index in [9.17, 15) is 19.5 Å². The molecule has 0 aromatic heterocycles. The molecule has 0 aliphatic carbocycles. The topological polar surface area (TPSA) is 99.1 Å². The monoisotopic (exact) mass is 302 g/mol. The van der Waals surface area contributed by atoms with Gasteiger partial charge in [0.1, 0.15) is 6.61 Å². The van der Waals surface area contributed by atoms with Crippen molar-refractivity contribution in [3.63, 3.8) is 0 Å². The Morgan fingerprint density at radius 1 is 1.24 bits per heavy atom. The third-order valence-electron chi connectivity index (χ3n) is 3.10. The van der Waals surface area contributed by atoms with Gasteiger partial charge in [0.05, 0.1) is 6.10 Å². The van der Waals surface area contributed by atoms with Gasteiger partial charge in [0.2, 0.25) is 0 Å². The maximum Gasteiger partial charge on any atom is 0.360 e. The molecular formula is C14H22O7. The summed E-state index contributed by atoms with van der Waals surface area (Å²) < 4.78 is 14.1. The van der Waals surface area contributed by atoms with E-state index in [1.807, 2.05) is 0 Å². The zero-order chi connectivity index (χ0) is 15.8. The fourth-order valence-electron chi connectivity index (χ4n) is 1.83. The third kappa shape index (κ3) is 5.71. The van der Waals surface area contributed by atoms with E-state index in [1.165, 1.54) is 6.92 Å². The van der Waals surface area contributed by atoms with E-state index in [0.717, 1.165) is 25.7 Å². The lowest BCUT2D eigenvalue weighted by atomic mass is 10.1. The van der Waals surface area contributed by atoms with Gasteiger partial charge < -0.3 is 19.3 Å². The molecule has 0 aromatic rings. The molecule has 1 aliphatic rings. The molecule has 0 spiro atoms. The number of aliphatic hydroxyl groups is 1. The van der Waals surface area contributed by atoms with E-state index in [0.29, 0.717) is 6.42 Å². The van der Waals surface area contributed by atoms with Crippen molar-refractivity contribution in [3.05, 3.63) is 0 Å². The van der Waals surface area contributed by atoms with Crippen molar-refractivity contribution >= 4 is 17.9 Å². The first kappa shape index (κ1) is 17.4. The average Bonchev–Trinajstić information content (AvgIpc) is 2.45. The minimum absolute atomic E-state index is 0.234. The van der Waals surface area contributed by atoms with Crippen molar-refractivity contribution in [3.8, 4) is 0 Å². The van der Waals surface area contributed by atoms with Crippen LogP contribution < -0.4 is 0 Å². The van der Waals surface area contributed by atoms with Crippen LogP contribution in [-0.2, 0) is 28.6 Å². The molecule has 0 radical (unpaired) electrons. The highest BCUT2D eigenvalue weighted by Gasteiger charge is 2.41. The van der Waals surface area contributed by atoms with E-state index in [-0.39, 0.29) is 6.61 Å². The van der Waals surface area contributed by atoms with Crippen LogP contribution in [0.15, 0.2) is 0 Å². The largest absolute Gasteiger partial charge is 0.460 e. The zero-order valence-corrected chi connectivity index (χ0v) is 12.4. The second-order valence-electron chi connectivity index (χ2n) is 5.03. The average molecular weight is 302 g/mol. The first-order valence-electron chi connectivity index (χ1n) is 7.21. The fourth-order valence-corrected chi connectivity index (χ4v) is 1.83. The van der Waals surface area contributed by atoms with Gasteiger partial charge in [0.25, 0.3) is 6.10 Å². The summed E-state index contributed by atoms with van der Waals surface area (Å²) in [5.41, 5.74) is 0. The highest BCUT2D eigenvalue weighted by molar-refractivity contribution is 6.02. The standard InChI is InChI=1S/C14H22O7/c1-3-4-5-6-7-10(15)8-19-13(17)11-14(18)20-9(2)12(16)21-11/h9-11,15H,3-8H2,1-2H3. The molecule has 0 saturated carbocycles. The molecule has 1 rings (SSSR count). The Morgan fingerprint density at radius 3 is 2.62 bits per heavy atom. The molecule has 3 unspecified atom stereocenters. The number of unbranched alkanes of at least 4 members (excludes halogenated alkanes) is 3. The number of carbonyl (C=O) groups is 3. The summed E-state index contributed by atoms with van der Waals surface area (Å²) in [6, 6.07) is 0. The number of esters is 3. The van der Waals surface area contributed by atoms with E-state index in [1.54, 1.807) is 0 Å². The van der Waals surface area contributed by atoms with E-state index < -0.39 is 36.2 Å². The van der Waals surface area contributed by atoms with Crippen molar-refractivity contribution in [2.45, 2.75) is 64.3 Å². The molecule has 0 bridgehead atoms. The van der Waals surface area contributed by atoms with Crippen molar-refractivity contribution in [1.29, 1.82) is 0 Å². The maximum absolute atomic E-state index is 11.6. The molecule has 0 amide bonds. The summed E-state index contributed by atoms with van der Waals surface area (Å²) >= 11 is 0. The Kier molecular flexibility index (Phi) is 7.14. The van der Waals surface area contributed by atoms with Gasteiger partial charge in [-0.05, 0) is 13.3 Å². The van der Waals surface area contributed by atoms with Crippen molar-refractivity contribution in [2.75, 3.05) is 6.61 Å². The molecular weight excluding hydrogens is 280 g/mol. The molecule has 1 saturated heterocycles. The van der Waals surface area contributed by atoms with Crippen molar-refractivity contribution in [2.24, 2.45) is 0 Å². The summed E-state index contributed by atoms with van der Waals surface area (Å²) in [7, 11) is 0. The predicted molar refractivity (Wildman–Crippen MR) is 71.2 cm³/mol. The van der Waals surface area contributed by atoms with E-state index in [4.69, 9.17) is 4.74 Å². The van der Waals surface area contributed by atoms with Crippen molar-refractivity contribution in [1.82, 2.24) is 0 Å². The second-order valence-corrected chi connectivity index (χ2v) is 5.03. The van der Waals surface area contributed by atoms with Crippen LogP contribution in [0.5, 0.6) is 0 Å². The number of cyclic esters (lactones) is 2. The number of aliphatic hydroxyl groups excluding tert-OH is 1. The number of carbonyl (C=O) groups excluding carboxylic acids is 3. The molecule has 1 fully saturated rings. The summed E-state index contributed by atoms with van der Waals surface area (Å²) in [5.74, 6) is -2.77. The lowest BCUT2D eigenvalue weighted by Crippen LogP contribution is -2.47. The van der Waals surface area contributed by atoms with Crippen LogP contribution >= 0.6 is 0 Å². The van der Waals surface area contributed by atoms with Gasteiger partial charge in [-0.1, -0.05) is 32.6 Å². The van der Waals surface area contributed by atoms with Gasteiger partial charge in [-0.3, -0.25) is 0 Å². The summed E-state index contributed by atoms with van der Waals surface area (Å²) in [6.07, 6.45) is 1.04. The lowest BCUT2D eigenvalue weighted by molar-refractivity contribution is -0.200. The molecule has 1 heterocycles. The molecule has 21 heavy (non-hydrogen) atoms. The van der Waals surface area contributed by atoms with Gasteiger partial charge in [-0.25, -0.2) is 14.4 Å². The Balaban J connectivity index is 2.29. The Morgan fingerprint density at radius 2 is 1.95 bits per heavy atom. The molecule has 1 aliphatic heterocycles. The molecule has 3 atom stereocenters. The number of hydrogen-bond acceptors (Lipinski definition) is 7. The Bertz CT molecular complexity index is 380. The van der Waals surface area contributed by atoms with Crippen LogP contribution in [0.1, 0.15) is 46.0 Å². The third-order valence-corrected chi connectivity index (χ3v) is 3.10. The van der Waals surface area contributed by atoms with Crippen LogP contribution in [0, 0.1) is 0 Å². The maximum atomic E-state index is 11.6. The van der Waals surface area contributed by atoms with Crippen LogP contribution in [0.4, 0.5) is 0 Å². The quantitative estimate of drug-likeness (QED) is 0.305. The molecule has 120 valence electrons. The fraction of sp³-hybridized carbons (Fsp3) is 0.786. The first-order valence-corrected chi connectivity index (χ1v) is 7.21. The normalized spacial score (nSPS) is 23.2. The Labute approximate surface area is 123 Å².